The molecule has 6 heteroatoms. The van der Waals surface area contributed by atoms with Gasteiger partial charge in [-0.1, -0.05) is 23.7 Å². The molecule has 0 atom stereocenters. The number of nitriles is 1. The van der Waals surface area contributed by atoms with E-state index in [1.54, 1.807) is 41.9 Å². The predicted octanol–water partition coefficient (Wildman–Crippen LogP) is 2.93. The minimum Gasteiger partial charge on any atom is -0.338 e. The van der Waals surface area contributed by atoms with Gasteiger partial charge in [0.2, 0.25) is 5.91 Å². The number of carbonyl (C=O) groups excluding carboxylic acids is 1. The standard InChI is InChI=1S/C17H17ClN4O/c1-12-15(17(18)22(3)20-12)8-9-16(23)21(2)11-14-6-4-13(10-19)5-7-14/h4-9H,11H2,1-3H3/b9-8+. The van der Waals surface area contributed by atoms with Gasteiger partial charge in [0.25, 0.3) is 0 Å². The lowest BCUT2D eigenvalue weighted by Crippen LogP contribution is -2.24. The van der Waals surface area contributed by atoms with Gasteiger partial charge in [-0.15, -0.1) is 0 Å². The highest BCUT2D eigenvalue weighted by atomic mass is 35.5. The maximum atomic E-state index is 12.2. The first-order chi connectivity index (χ1) is 10.9. The van der Waals surface area contributed by atoms with Crippen LogP contribution < -0.4 is 0 Å². The minimum absolute atomic E-state index is 0.131. The molecule has 0 spiro atoms. The largest absolute Gasteiger partial charge is 0.338 e. The molecule has 23 heavy (non-hydrogen) atoms. The van der Waals surface area contributed by atoms with Gasteiger partial charge in [0, 0.05) is 32.3 Å². The summed E-state index contributed by atoms with van der Waals surface area (Å²) < 4.78 is 1.57. The van der Waals surface area contributed by atoms with Gasteiger partial charge in [-0.05, 0) is 30.7 Å². The van der Waals surface area contributed by atoms with Crippen molar-refractivity contribution in [3.63, 3.8) is 0 Å². The van der Waals surface area contributed by atoms with E-state index in [0.29, 0.717) is 17.3 Å². The second-order valence-electron chi connectivity index (χ2n) is 5.25. The Hall–Kier alpha value is -2.58. The fourth-order valence-electron chi connectivity index (χ4n) is 2.15. The quantitative estimate of drug-likeness (QED) is 0.811. The second-order valence-corrected chi connectivity index (χ2v) is 5.61. The number of halogens is 1. The zero-order valence-electron chi connectivity index (χ0n) is 13.2. The SMILES string of the molecule is Cc1nn(C)c(Cl)c1/C=C/C(=O)N(C)Cc1ccc(C#N)cc1. The Kier molecular flexibility index (Phi) is 5.20. The van der Waals surface area contributed by atoms with Crippen molar-refractivity contribution >= 4 is 23.6 Å². The van der Waals surface area contributed by atoms with Gasteiger partial charge in [0.05, 0.1) is 17.3 Å². The number of aromatic nitrogens is 2. The first-order valence-corrected chi connectivity index (χ1v) is 7.41. The summed E-state index contributed by atoms with van der Waals surface area (Å²) in [7, 11) is 3.48. The first-order valence-electron chi connectivity index (χ1n) is 7.03. The highest BCUT2D eigenvalue weighted by Gasteiger charge is 2.10. The first kappa shape index (κ1) is 16.8. The summed E-state index contributed by atoms with van der Waals surface area (Å²) in [4.78, 5) is 13.8. The molecule has 0 fully saturated rings. The van der Waals surface area contributed by atoms with Crippen molar-refractivity contribution in [1.29, 1.82) is 5.26 Å². The molecule has 118 valence electrons. The molecule has 2 aromatic rings. The van der Waals surface area contributed by atoms with Gasteiger partial charge >= 0.3 is 0 Å². The number of benzene rings is 1. The lowest BCUT2D eigenvalue weighted by atomic mass is 10.1. The van der Waals surface area contributed by atoms with Crippen LogP contribution in [0.25, 0.3) is 6.08 Å². The number of rotatable bonds is 4. The minimum atomic E-state index is -0.131. The third-order valence-electron chi connectivity index (χ3n) is 3.47. The fourth-order valence-corrected chi connectivity index (χ4v) is 2.39. The van der Waals surface area contributed by atoms with Crippen LogP contribution in [0, 0.1) is 18.3 Å². The van der Waals surface area contributed by atoms with Crippen LogP contribution in [0.4, 0.5) is 0 Å². The molecule has 0 N–H and O–H groups in total. The Morgan fingerprint density at radius 2 is 2.09 bits per heavy atom. The van der Waals surface area contributed by atoms with E-state index in [4.69, 9.17) is 16.9 Å². The van der Waals surface area contributed by atoms with E-state index in [2.05, 4.69) is 11.2 Å². The normalized spacial score (nSPS) is 10.7. The molecule has 1 amide bonds. The molecule has 2 rings (SSSR count). The Bertz CT molecular complexity index is 784. The monoisotopic (exact) mass is 328 g/mol. The molecule has 0 saturated carbocycles. The number of carbonyl (C=O) groups is 1. The van der Waals surface area contributed by atoms with Crippen molar-refractivity contribution in [2.45, 2.75) is 13.5 Å². The molecule has 0 bridgehead atoms. The van der Waals surface area contributed by atoms with Crippen molar-refractivity contribution in [2.24, 2.45) is 7.05 Å². The molecule has 0 saturated heterocycles. The van der Waals surface area contributed by atoms with E-state index in [-0.39, 0.29) is 5.91 Å². The molecule has 1 aromatic carbocycles. The van der Waals surface area contributed by atoms with Crippen LogP contribution in [0.5, 0.6) is 0 Å². The average Bonchev–Trinajstić information content (AvgIpc) is 2.78. The van der Waals surface area contributed by atoms with Crippen LogP contribution in [0.3, 0.4) is 0 Å². The third-order valence-corrected chi connectivity index (χ3v) is 3.92. The fraction of sp³-hybridized carbons (Fsp3) is 0.235. The average molecular weight is 329 g/mol. The zero-order valence-corrected chi connectivity index (χ0v) is 14.0. The summed E-state index contributed by atoms with van der Waals surface area (Å²) >= 11 is 6.13. The van der Waals surface area contributed by atoms with E-state index >= 15 is 0 Å². The third kappa shape index (κ3) is 3.99. The zero-order chi connectivity index (χ0) is 17.0. The van der Waals surface area contributed by atoms with Crippen LogP contribution >= 0.6 is 11.6 Å². The van der Waals surface area contributed by atoms with Gasteiger partial charge in [-0.25, -0.2) is 0 Å². The van der Waals surface area contributed by atoms with Crippen molar-refractivity contribution in [2.75, 3.05) is 7.05 Å². The summed E-state index contributed by atoms with van der Waals surface area (Å²) in [5.41, 5.74) is 3.08. The van der Waals surface area contributed by atoms with Gasteiger partial charge in [0.15, 0.2) is 0 Å². The van der Waals surface area contributed by atoms with Gasteiger partial charge in [-0.2, -0.15) is 10.4 Å². The molecule has 0 aliphatic heterocycles. The molecule has 1 aromatic heterocycles. The van der Waals surface area contributed by atoms with Gasteiger partial charge in [0.1, 0.15) is 5.15 Å². The molecule has 0 unspecified atom stereocenters. The summed E-state index contributed by atoms with van der Waals surface area (Å²) in [5.74, 6) is -0.131. The number of hydrogen-bond acceptors (Lipinski definition) is 3. The van der Waals surface area contributed by atoms with Crippen molar-refractivity contribution < 1.29 is 4.79 Å². The highest BCUT2D eigenvalue weighted by molar-refractivity contribution is 6.31. The van der Waals surface area contributed by atoms with Crippen LogP contribution in [-0.2, 0) is 18.4 Å². The maximum absolute atomic E-state index is 12.2. The molecule has 1 heterocycles. The lowest BCUT2D eigenvalue weighted by Gasteiger charge is -2.15. The van der Waals surface area contributed by atoms with Crippen molar-refractivity contribution in [3.8, 4) is 6.07 Å². The Balaban J connectivity index is 2.04. The Labute approximate surface area is 140 Å². The van der Waals surface area contributed by atoms with Crippen LogP contribution in [0.15, 0.2) is 30.3 Å². The Morgan fingerprint density at radius 1 is 1.43 bits per heavy atom. The number of nitrogens with zero attached hydrogens (tertiary/aromatic N) is 4. The molecule has 0 aliphatic rings. The summed E-state index contributed by atoms with van der Waals surface area (Å²) in [5, 5.41) is 13.5. The van der Waals surface area contributed by atoms with Gasteiger partial charge < -0.3 is 4.90 Å². The van der Waals surface area contributed by atoms with Crippen LogP contribution in [-0.4, -0.2) is 27.6 Å². The van der Waals surface area contributed by atoms with E-state index < -0.39 is 0 Å². The predicted molar refractivity (Wildman–Crippen MR) is 89.6 cm³/mol. The lowest BCUT2D eigenvalue weighted by molar-refractivity contribution is -0.125. The van der Waals surface area contributed by atoms with E-state index in [0.717, 1.165) is 16.8 Å². The Morgan fingerprint density at radius 3 is 2.61 bits per heavy atom. The number of amides is 1. The highest BCUT2D eigenvalue weighted by Crippen LogP contribution is 2.20. The van der Waals surface area contributed by atoms with Gasteiger partial charge in [-0.3, -0.25) is 9.48 Å². The molecule has 0 radical (unpaired) electrons. The molecular formula is C17H17ClN4O. The van der Waals surface area contributed by atoms with E-state index in [1.165, 1.54) is 6.08 Å². The molecule has 0 aliphatic carbocycles. The topological polar surface area (TPSA) is 61.9 Å². The molecular weight excluding hydrogens is 312 g/mol. The van der Waals surface area contributed by atoms with E-state index in [1.807, 2.05) is 19.1 Å². The van der Waals surface area contributed by atoms with Crippen molar-refractivity contribution in [3.05, 3.63) is 57.9 Å². The van der Waals surface area contributed by atoms with E-state index in [9.17, 15) is 4.79 Å². The summed E-state index contributed by atoms with van der Waals surface area (Å²) in [6.45, 7) is 2.31. The molecule has 5 nitrogen and oxygen atoms in total. The van der Waals surface area contributed by atoms with Crippen LogP contribution in [0.2, 0.25) is 5.15 Å². The summed E-state index contributed by atoms with van der Waals surface area (Å²) in [6.07, 6.45) is 3.17. The summed E-state index contributed by atoms with van der Waals surface area (Å²) in [6, 6.07) is 9.23. The number of aryl methyl sites for hydroxylation is 2. The van der Waals surface area contributed by atoms with Crippen molar-refractivity contribution in [1.82, 2.24) is 14.7 Å². The maximum Gasteiger partial charge on any atom is 0.246 e. The smallest absolute Gasteiger partial charge is 0.246 e. The second kappa shape index (κ2) is 7.12. The van der Waals surface area contributed by atoms with Crippen LogP contribution in [0.1, 0.15) is 22.4 Å². The number of hydrogen-bond donors (Lipinski definition) is 0. The number of likely N-dealkylation sites (N-methyl/N-ethyl adjacent to an activating group) is 1.